The second-order valence-corrected chi connectivity index (χ2v) is 5.65. The molecule has 0 fully saturated rings. The lowest BCUT2D eigenvalue weighted by Gasteiger charge is -2.27. The van der Waals surface area contributed by atoms with Crippen LogP contribution in [0.1, 0.15) is 32.3 Å². The van der Waals surface area contributed by atoms with E-state index in [0.717, 1.165) is 30.6 Å². The number of anilines is 1. The number of benzene rings is 1. The van der Waals surface area contributed by atoms with Gasteiger partial charge in [0.05, 0.1) is 24.5 Å². The van der Waals surface area contributed by atoms with Gasteiger partial charge in [-0.15, -0.1) is 0 Å². The van der Waals surface area contributed by atoms with Crippen molar-refractivity contribution in [1.82, 2.24) is 0 Å². The smallest absolute Gasteiger partial charge is 0.0948 e. The van der Waals surface area contributed by atoms with E-state index in [1.54, 1.807) is 0 Å². The molecular weight excluding hydrogens is 268 g/mol. The molecular formula is C16H24N2O3. The third kappa shape index (κ3) is 4.19. The van der Waals surface area contributed by atoms with Gasteiger partial charge < -0.3 is 20.0 Å². The van der Waals surface area contributed by atoms with E-state index in [-0.39, 0.29) is 6.10 Å². The first-order chi connectivity index (χ1) is 10.1. The second kappa shape index (κ2) is 7.43. The molecule has 5 heteroatoms. The summed E-state index contributed by atoms with van der Waals surface area (Å²) in [6, 6.07) is 7.86. The van der Waals surface area contributed by atoms with Crippen LogP contribution in [-0.2, 0) is 4.74 Å². The van der Waals surface area contributed by atoms with Gasteiger partial charge in [0.25, 0.3) is 0 Å². The predicted molar refractivity (Wildman–Crippen MR) is 83.3 cm³/mol. The van der Waals surface area contributed by atoms with Gasteiger partial charge in [-0.25, -0.2) is 0 Å². The Morgan fingerprint density at radius 3 is 2.81 bits per heavy atom. The molecule has 0 bridgehead atoms. The minimum Gasteiger partial charge on any atom is -0.411 e. The Morgan fingerprint density at radius 1 is 1.33 bits per heavy atom. The number of fused-ring (bicyclic) bond motifs is 1. The monoisotopic (exact) mass is 292 g/mol. The fourth-order valence-corrected chi connectivity index (χ4v) is 2.59. The van der Waals surface area contributed by atoms with Crippen LogP contribution >= 0.6 is 0 Å². The molecule has 1 heterocycles. The van der Waals surface area contributed by atoms with Gasteiger partial charge in [-0.3, -0.25) is 0 Å². The van der Waals surface area contributed by atoms with Gasteiger partial charge in [0.15, 0.2) is 0 Å². The van der Waals surface area contributed by atoms with Crippen molar-refractivity contribution in [2.75, 3.05) is 24.6 Å². The molecule has 0 radical (unpaired) electrons. The van der Waals surface area contributed by atoms with Crippen LogP contribution in [0.3, 0.4) is 0 Å². The maximum atomic E-state index is 10.1. The van der Waals surface area contributed by atoms with E-state index in [1.165, 1.54) is 0 Å². The van der Waals surface area contributed by atoms with E-state index < -0.39 is 6.10 Å². The number of hydrogen-bond acceptors (Lipinski definition) is 5. The standard InChI is InChI=1S/C16H24N2O3/c1-12(2)21-11-13(19)10-18-9-5-7-15(17-20)14-6-3-4-8-16(14)18/h3-4,6,8,12-13,19-20H,5,7,9-11H2,1-2H3/b17-15-. The normalized spacial score (nSPS) is 18.7. The van der Waals surface area contributed by atoms with Crippen LogP contribution in [0, 0.1) is 0 Å². The molecule has 0 saturated heterocycles. The Labute approximate surface area is 125 Å². The summed E-state index contributed by atoms with van der Waals surface area (Å²) in [4.78, 5) is 2.14. The van der Waals surface area contributed by atoms with Crippen molar-refractivity contribution in [3.05, 3.63) is 29.8 Å². The van der Waals surface area contributed by atoms with Crippen LogP contribution in [-0.4, -0.2) is 47.9 Å². The van der Waals surface area contributed by atoms with Crippen molar-refractivity contribution in [3.63, 3.8) is 0 Å². The minimum atomic E-state index is -0.534. The number of oxime groups is 1. The maximum absolute atomic E-state index is 10.1. The Kier molecular flexibility index (Phi) is 5.59. The van der Waals surface area contributed by atoms with Gasteiger partial charge in [0, 0.05) is 24.3 Å². The molecule has 0 saturated carbocycles. The van der Waals surface area contributed by atoms with Gasteiger partial charge in [0.1, 0.15) is 0 Å². The average Bonchev–Trinajstić information content (AvgIpc) is 2.65. The summed E-state index contributed by atoms with van der Waals surface area (Å²) in [6.45, 7) is 5.59. The minimum absolute atomic E-state index is 0.115. The number of aliphatic hydroxyl groups excluding tert-OH is 1. The van der Waals surface area contributed by atoms with Crippen molar-refractivity contribution in [1.29, 1.82) is 0 Å². The van der Waals surface area contributed by atoms with E-state index in [2.05, 4.69) is 10.1 Å². The van der Waals surface area contributed by atoms with Gasteiger partial charge in [0.2, 0.25) is 0 Å². The number of nitrogens with zero attached hydrogens (tertiary/aromatic N) is 2. The van der Waals surface area contributed by atoms with E-state index in [4.69, 9.17) is 4.74 Å². The number of hydrogen-bond donors (Lipinski definition) is 2. The number of para-hydroxylation sites is 1. The van der Waals surface area contributed by atoms with Crippen LogP contribution < -0.4 is 4.90 Å². The van der Waals surface area contributed by atoms with Crippen LogP contribution in [0.25, 0.3) is 0 Å². The summed E-state index contributed by atoms with van der Waals surface area (Å²) in [7, 11) is 0. The summed E-state index contributed by atoms with van der Waals surface area (Å²) in [6.07, 6.45) is 1.21. The lowest BCUT2D eigenvalue weighted by atomic mass is 10.1. The molecule has 2 rings (SSSR count). The number of rotatable bonds is 5. The first-order valence-corrected chi connectivity index (χ1v) is 7.46. The summed E-state index contributed by atoms with van der Waals surface area (Å²) >= 11 is 0. The highest BCUT2D eigenvalue weighted by Crippen LogP contribution is 2.26. The molecule has 5 nitrogen and oxygen atoms in total. The predicted octanol–water partition coefficient (Wildman–Crippen LogP) is 2.25. The van der Waals surface area contributed by atoms with Crippen molar-refractivity contribution in [2.24, 2.45) is 5.16 Å². The number of ether oxygens (including phenoxy) is 1. The van der Waals surface area contributed by atoms with Crippen molar-refractivity contribution >= 4 is 11.4 Å². The van der Waals surface area contributed by atoms with Crippen molar-refractivity contribution in [2.45, 2.75) is 38.9 Å². The Morgan fingerprint density at radius 2 is 2.10 bits per heavy atom. The lowest BCUT2D eigenvalue weighted by Crippen LogP contribution is -2.36. The summed E-state index contributed by atoms with van der Waals surface area (Å²) in [5.41, 5.74) is 2.65. The van der Waals surface area contributed by atoms with Crippen molar-refractivity contribution in [3.8, 4) is 0 Å². The average molecular weight is 292 g/mol. The molecule has 116 valence electrons. The van der Waals surface area contributed by atoms with Gasteiger partial charge >= 0.3 is 0 Å². The van der Waals surface area contributed by atoms with E-state index >= 15 is 0 Å². The van der Waals surface area contributed by atoms with Gasteiger partial charge in [-0.1, -0.05) is 23.4 Å². The largest absolute Gasteiger partial charge is 0.411 e. The molecule has 21 heavy (non-hydrogen) atoms. The molecule has 0 spiro atoms. The molecule has 0 aliphatic carbocycles. The molecule has 1 aliphatic rings. The Bertz CT molecular complexity index is 488. The molecule has 1 aliphatic heterocycles. The van der Waals surface area contributed by atoms with E-state index in [9.17, 15) is 10.3 Å². The Balaban J connectivity index is 2.12. The molecule has 1 atom stereocenters. The quantitative estimate of drug-likeness (QED) is 0.645. The first-order valence-electron chi connectivity index (χ1n) is 7.46. The van der Waals surface area contributed by atoms with Crippen LogP contribution in [0.4, 0.5) is 5.69 Å². The highest BCUT2D eigenvalue weighted by molar-refractivity contribution is 6.05. The topological polar surface area (TPSA) is 65.3 Å². The SMILES string of the molecule is CC(C)OCC(O)CN1CCC/C(=N/O)c2ccccc21. The van der Waals surface area contributed by atoms with Gasteiger partial charge in [-0.05, 0) is 32.8 Å². The summed E-state index contributed by atoms with van der Waals surface area (Å²) in [5.74, 6) is 0. The number of β-amino-alcohol motifs (C(OH)–C–C–N with tert-alkyl or cyclic N) is 1. The molecule has 1 aromatic carbocycles. The molecule has 2 N–H and O–H groups in total. The number of aliphatic hydroxyl groups is 1. The van der Waals surface area contributed by atoms with Crippen LogP contribution in [0.2, 0.25) is 0 Å². The fraction of sp³-hybridized carbons (Fsp3) is 0.562. The van der Waals surface area contributed by atoms with Crippen LogP contribution in [0.5, 0.6) is 0 Å². The zero-order chi connectivity index (χ0) is 15.2. The molecule has 1 aromatic rings. The Hall–Kier alpha value is -1.59. The molecule has 0 amide bonds. The van der Waals surface area contributed by atoms with E-state index in [1.807, 2.05) is 38.1 Å². The van der Waals surface area contributed by atoms with Gasteiger partial charge in [-0.2, -0.15) is 0 Å². The zero-order valence-electron chi connectivity index (χ0n) is 12.7. The second-order valence-electron chi connectivity index (χ2n) is 5.65. The zero-order valence-corrected chi connectivity index (χ0v) is 12.7. The third-order valence-corrected chi connectivity index (χ3v) is 3.57. The highest BCUT2D eigenvalue weighted by atomic mass is 16.5. The summed E-state index contributed by atoms with van der Waals surface area (Å²) < 4.78 is 5.47. The molecule has 0 aromatic heterocycles. The highest BCUT2D eigenvalue weighted by Gasteiger charge is 2.21. The third-order valence-electron chi connectivity index (χ3n) is 3.57. The first kappa shape index (κ1) is 15.8. The summed E-state index contributed by atoms with van der Waals surface area (Å²) in [5, 5.41) is 22.7. The van der Waals surface area contributed by atoms with E-state index in [0.29, 0.717) is 18.9 Å². The van der Waals surface area contributed by atoms with Crippen LogP contribution in [0.15, 0.2) is 29.4 Å². The maximum Gasteiger partial charge on any atom is 0.0948 e. The fourth-order valence-electron chi connectivity index (χ4n) is 2.59. The molecule has 1 unspecified atom stereocenters. The van der Waals surface area contributed by atoms with Crippen molar-refractivity contribution < 1.29 is 15.1 Å². The lowest BCUT2D eigenvalue weighted by molar-refractivity contribution is 0.00890.